The van der Waals surface area contributed by atoms with Crippen molar-refractivity contribution in [2.45, 2.75) is 34.1 Å². The van der Waals surface area contributed by atoms with E-state index in [4.69, 9.17) is 0 Å². The van der Waals surface area contributed by atoms with Crippen molar-refractivity contribution in [1.29, 1.82) is 0 Å². The third-order valence-electron chi connectivity index (χ3n) is 6.35. The average Bonchev–Trinajstić information content (AvgIpc) is 3.17. The van der Waals surface area contributed by atoms with Crippen LogP contribution in [0.5, 0.6) is 0 Å². The van der Waals surface area contributed by atoms with Crippen LogP contribution in [0, 0.1) is 27.7 Å². The molecule has 1 aliphatic rings. The Morgan fingerprint density at radius 3 is 2.04 bits per heavy atom. The van der Waals surface area contributed by atoms with E-state index in [9.17, 15) is 0 Å². The molecule has 1 aliphatic carbocycles. The molecule has 0 fully saturated rings. The second-order valence-electron chi connectivity index (χ2n) is 7.98. The van der Waals surface area contributed by atoms with Crippen LogP contribution in [0.4, 0.5) is 0 Å². The number of hydrogen-bond acceptors (Lipinski definition) is 0. The molecule has 0 saturated heterocycles. The van der Waals surface area contributed by atoms with E-state index in [1.54, 1.807) is 0 Å². The summed E-state index contributed by atoms with van der Waals surface area (Å²) in [5.41, 5.74) is 11.2. The first-order valence-corrected chi connectivity index (χ1v) is 9.77. The molecule has 27 heavy (non-hydrogen) atoms. The zero-order valence-electron chi connectivity index (χ0n) is 16.5. The van der Waals surface area contributed by atoms with E-state index in [0.717, 1.165) is 6.42 Å². The second-order valence-corrected chi connectivity index (χ2v) is 7.98. The predicted molar refractivity (Wildman–Crippen MR) is 119 cm³/mol. The molecular formula is C27H24. The van der Waals surface area contributed by atoms with E-state index in [2.05, 4.69) is 88.4 Å². The van der Waals surface area contributed by atoms with Crippen LogP contribution in [0.15, 0.2) is 54.6 Å². The first kappa shape index (κ1) is 16.3. The van der Waals surface area contributed by atoms with Crippen LogP contribution in [0.25, 0.3) is 38.7 Å². The van der Waals surface area contributed by atoms with Crippen LogP contribution in [0.3, 0.4) is 0 Å². The summed E-state index contributed by atoms with van der Waals surface area (Å²) in [6.45, 7) is 9.06. The fourth-order valence-electron chi connectivity index (χ4n) is 4.77. The summed E-state index contributed by atoms with van der Waals surface area (Å²) >= 11 is 0. The van der Waals surface area contributed by atoms with Gasteiger partial charge in [0.1, 0.15) is 0 Å². The summed E-state index contributed by atoms with van der Waals surface area (Å²) in [5, 5.41) is 5.37. The van der Waals surface area contributed by atoms with Gasteiger partial charge in [-0.1, -0.05) is 48.6 Å². The van der Waals surface area contributed by atoms with Crippen molar-refractivity contribution >= 4 is 27.6 Å². The highest BCUT2D eigenvalue weighted by Crippen LogP contribution is 2.39. The molecule has 0 aromatic heterocycles. The van der Waals surface area contributed by atoms with Crippen LogP contribution in [0.1, 0.15) is 33.4 Å². The second kappa shape index (κ2) is 5.82. The number of hydrogen-bond donors (Lipinski definition) is 0. The quantitative estimate of drug-likeness (QED) is 0.313. The van der Waals surface area contributed by atoms with Gasteiger partial charge in [-0.25, -0.2) is 0 Å². The number of rotatable bonds is 1. The predicted octanol–water partition coefficient (Wildman–Crippen LogP) is 7.46. The van der Waals surface area contributed by atoms with Crippen molar-refractivity contribution in [3.63, 3.8) is 0 Å². The Morgan fingerprint density at radius 1 is 0.667 bits per heavy atom. The van der Waals surface area contributed by atoms with Crippen LogP contribution in [-0.2, 0) is 6.42 Å². The summed E-state index contributed by atoms with van der Waals surface area (Å²) in [4.78, 5) is 0. The summed E-state index contributed by atoms with van der Waals surface area (Å²) in [6.07, 6.45) is 5.67. The molecule has 0 heteroatoms. The van der Waals surface area contributed by atoms with Gasteiger partial charge in [0.05, 0.1) is 0 Å². The molecule has 0 radical (unpaired) electrons. The Bertz CT molecular complexity index is 1270. The lowest BCUT2D eigenvalue weighted by Crippen LogP contribution is -1.97. The topological polar surface area (TPSA) is 0 Å². The van der Waals surface area contributed by atoms with E-state index in [1.165, 1.54) is 66.1 Å². The molecule has 4 aromatic carbocycles. The number of allylic oxidation sites excluding steroid dienone is 1. The van der Waals surface area contributed by atoms with E-state index >= 15 is 0 Å². The van der Waals surface area contributed by atoms with Gasteiger partial charge in [-0.05, 0) is 112 Å². The Kier molecular flexibility index (Phi) is 3.52. The van der Waals surface area contributed by atoms with Gasteiger partial charge >= 0.3 is 0 Å². The molecular weight excluding hydrogens is 324 g/mol. The van der Waals surface area contributed by atoms with Gasteiger partial charge in [0.25, 0.3) is 0 Å². The van der Waals surface area contributed by atoms with Crippen molar-refractivity contribution in [3.8, 4) is 11.1 Å². The number of fused-ring (bicyclic) bond motifs is 3. The molecule has 0 aliphatic heterocycles. The van der Waals surface area contributed by atoms with Crippen LogP contribution >= 0.6 is 0 Å². The summed E-state index contributed by atoms with van der Waals surface area (Å²) in [7, 11) is 0. The summed E-state index contributed by atoms with van der Waals surface area (Å²) < 4.78 is 0. The normalized spacial score (nSPS) is 12.9. The number of aryl methyl sites for hydroxylation is 3. The molecule has 0 unspecified atom stereocenters. The van der Waals surface area contributed by atoms with Gasteiger partial charge in [0, 0.05) is 0 Å². The minimum absolute atomic E-state index is 1.07. The fourth-order valence-corrected chi connectivity index (χ4v) is 4.77. The first-order chi connectivity index (χ1) is 13.0. The van der Waals surface area contributed by atoms with Crippen LogP contribution in [-0.4, -0.2) is 0 Å². The van der Waals surface area contributed by atoms with Gasteiger partial charge in [-0.2, -0.15) is 0 Å². The van der Waals surface area contributed by atoms with Crippen LogP contribution < -0.4 is 0 Å². The van der Waals surface area contributed by atoms with Crippen molar-refractivity contribution < 1.29 is 0 Å². The molecule has 0 amide bonds. The average molecular weight is 348 g/mol. The molecule has 0 N–H and O–H groups in total. The molecule has 0 saturated carbocycles. The third kappa shape index (κ3) is 2.36. The Morgan fingerprint density at radius 2 is 1.30 bits per heavy atom. The summed E-state index contributed by atoms with van der Waals surface area (Å²) in [6, 6.07) is 18.2. The van der Waals surface area contributed by atoms with E-state index < -0.39 is 0 Å². The first-order valence-electron chi connectivity index (χ1n) is 9.77. The monoisotopic (exact) mass is 348 g/mol. The molecule has 0 heterocycles. The van der Waals surface area contributed by atoms with Gasteiger partial charge in [0.15, 0.2) is 0 Å². The van der Waals surface area contributed by atoms with Gasteiger partial charge in [-0.3, -0.25) is 0 Å². The van der Waals surface area contributed by atoms with E-state index in [0.29, 0.717) is 0 Å². The Labute approximate surface area is 161 Å². The van der Waals surface area contributed by atoms with Crippen molar-refractivity contribution in [1.82, 2.24) is 0 Å². The molecule has 0 atom stereocenters. The fraction of sp³-hybridized carbons (Fsp3) is 0.185. The maximum Gasteiger partial charge on any atom is -0.00854 e. The SMILES string of the molecule is Cc1cc(-c2cc(C)c3cc4ccccc4cc3c2C)c(C)c2c1CC=C2. The lowest BCUT2D eigenvalue weighted by Gasteiger charge is -2.18. The van der Waals surface area contributed by atoms with Crippen molar-refractivity contribution in [2.75, 3.05) is 0 Å². The minimum atomic E-state index is 1.07. The lowest BCUT2D eigenvalue weighted by atomic mass is 9.86. The zero-order chi connectivity index (χ0) is 18.7. The maximum atomic E-state index is 2.40. The highest BCUT2D eigenvalue weighted by molar-refractivity contribution is 6.03. The largest absolute Gasteiger partial charge is 0.0795 e. The molecule has 4 aromatic rings. The molecule has 0 bridgehead atoms. The van der Waals surface area contributed by atoms with Crippen molar-refractivity contribution in [2.24, 2.45) is 0 Å². The molecule has 0 nitrogen and oxygen atoms in total. The van der Waals surface area contributed by atoms with Gasteiger partial charge < -0.3 is 0 Å². The standard InChI is InChI=1S/C27H24/c1-16-12-25(18(3)23-11-7-10-22(16)23)26-13-17(2)24-14-20-8-5-6-9-21(20)15-27(24)19(26)4/h5-9,11-15H,10H2,1-4H3. The minimum Gasteiger partial charge on any atom is -0.0795 e. The highest BCUT2D eigenvalue weighted by Gasteiger charge is 2.18. The lowest BCUT2D eigenvalue weighted by molar-refractivity contribution is 1.22. The summed E-state index contributed by atoms with van der Waals surface area (Å²) in [5.74, 6) is 0. The number of benzene rings is 4. The molecule has 0 spiro atoms. The Hall–Kier alpha value is -2.86. The Balaban J connectivity index is 1.85. The smallest absolute Gasteiger partial charge is 0.00854 e. The highest BCUT2D eigenvalue weighted by atomic mass is 14.2. The molecule has 5 rings (SSSR count). The van der Waals surface area contributed by atoms with E-state index in [1.807, 2.05) is 0 Å². The van der Waals surface area contributed by atoms with Gasteiger partial charge in [0.2, 0.25) is 0 Å². The van der Waals surface area contributed by atoms with Gasteiger partial charge in [-0.15, -0.1) is 0 Å². The van der Waals surface area contributed by atoms with E-state index in [-0.39, 0.29) is 0 Å². The van der Waals surface area contributed by atoms with Crippen molar-refractivity contribution in [3.05, 3.63) is 88.0 Å². The zero-order valence-corrected chi connectivity index (χ0v) is 16.5. The molecule has 132 valence electrons. The maximum absolute atomic E-state index is 2.40. The van der Waals surface area contributed by atoms with Crippen LogP contribution in [0.2, 0.25) is 0 Å². The third-order valence-corrected chi connectivity index (χ3v) is 6.35.